The van der Waals surface area contributed by atoms with E-state index in [1.54, 1.807) is 0 Å². The summed E-state index contributed by atoms with van der Waals surface area (Å²) in [4.78, 5) is 7.18. The Balaban J connectivity index is 4.14. The maximum Gasteiger partial charge on any atom is 0.144 e. The third-order valence-corrected chi connectivity index (χ3v) is 0.979. The van der Waals surface area contributed by atoms with Gasteiger partial charge in [0.15, 0.2) is 0 Å². The number of halogens is 1. The molecule has 58 valence electrons. The zero-order chi connectivity index (χ0) is 8.69. The standard InChI is InChI=1S/C6H6ClN3S/c1-5(10-4-11)3-9-6(7)2-8/h2-3H,1,8H2/b6-2-,9-3-. The van der Waals surface area contributed by atoms with E-state index in [4.69, 9.17) is 17.3 Å². The van der Waals surface area contributed by atoms with Gasteiger partial charge in [-0.1, -0.05) is 18.2 Å². The molecule has 0 rings (SSSR count). The molecule has 0 amide bonds. The second-order valence-electron chi connectivity index (χ2n) is 1.44. The number of hydrogen-bond donors (Lipinski definition) is 1. The molecular weight excluding hydrogens is 182 g/mol. The van der Waals surface area contributed by atoms with E-state index in [2.05, 4.69) is 33.9 Å². The van der Waals surface area contributed by atoms with Gasteiger partial charge in [-0.2, -0.15) is 4.99 Å². The molecule has 0 saturated carbocycles. The molecule has 0 aromatic carbocycles. The monoisotopic (exact) mass is 187 g/mol. The highest BCUT2D eigenvalue weighted by atomic mass is 35.5. The van der Waals surface area contributed by atoms with Crippen LogP contribution in [-0.2, 0) is 0 Å². The lowest BCUT2D eigenvalue weighted by Gasteiger charge is -1.85. The Bertz CT molecular complexity index is 251. The summed E-state index contributed by atoms with van der Waals surface area (Å²) in [5, 5.41) is 2.30. The van der Waals surface area contributed by atoms with Gasteiger partial charge in [-0.3, -0.25) is 0 Å². The normalized spacial score (nSPS) is 11.2. The number of nitrogens with two attached hydrogens (primary N) is 1. The SMILES string of the molecule is C=C(/C=N\C(Cl)=C/N)N=C=S. The van der Waals surface area contributed by atoms with Crippen LogP contribution in [0.3, 0.4) is 0 Å². The van der Waals surface area contributed by atoms with E-state index >= 15 is 0 Å². The first kappa shape index (κ1) is 10.0. The van der Waals surface area contributed by atoms with Crippen LogP contribution in [0.2, 0.25) is 0 Å². The fourth-order valence-corrected chi connectivity index (χ4v) is 0.433. The maximum absolute atomic E-state index is 5.42. The fourth-order valence-electron chi connectivity index (χ4n) is 0.267. The first-order chi connectivity index (χ1) is 5.20. The summed E-state index contributed by atoms with van der Waals surface area (Å²) in [7, 11) is 0. The summed E-state index contributed by atoms with van der Waals surface area (Å²) in [5.74, 6) is 0. The number of aliphatic imine (C=N–C) groups is 2. The lowest BCUT2D eigenvalue weighted by atomic mass is 10.6. The first-order valence-electron chi connectivity index (χ1n) is 2.59. The first-order valence-corrected chi connectivity index (χ1v) is 3.37. The quantitative estimate of drug-likeness (QED) is 0.415. The molecule has 5 heteroatoms. The Hall–Kier alpha value is -0.960. The smallest absolute Gasteiger partial charge is 0.144 e. The lowest BCUT2D eigenvalue weighted by molar-refractivity contribution is 1.43. The molecule has 0 fully saturated rings. The molecule has 0 unspecified atom stereocenters. The number of rotatable bonds is 3. The van der Waals surface area contributed by atoms with E-state index in [-0.39, 0.29) is 5.16 Å². The van der Waals surface area contributed by atoms with Crippen molar-refractivity contribution in [2.24, 2.45) is 15.7 Å². The van der Waals surface area contributed by atoms with Gasteiger partial charge in [0.25, 0.3) is 0 Å². The van der Waals surface area contributed by atoms with Gasteiger partial charge in [-0.25, -0.2) is 4.99 Å². The molecule has 0 spiro atoms. The van der Waals surface area contributed by atoms with Crippen LogP contribution in [0.15, 0.2) is 33.6 Å². The minimum absolute atomic E-state index is 0.172. The number of nitrogens with zero attached hydrogens (tertiary/aromatic N) is 2. The van der Waals surface area contributed by atoms with Crippen molar-refractivity contribution >= 4 is 35.2 Å². The molecule has 0 atom stereocenters. The van der Waals surface area contributed by atoms with Crippen LogP contribution >= 0.6 is 23.8 Å². The fraction of sp³-hybridized carbons (Fsp3) is 0. The molecule has 0 radical (unpaired) electrons. The van der Waals surface area contributed by atoms with Gasteiger partial charge in [0.1, 0.15) is 5.16 Å². The van der Waals surface area contributed by atoms with Crippen LogP contribution in [-0.4, -0.2) is 11.4 Å². The van der Waals surface area contributed by atoms with E-state index in [1.807, 2.05) is 0 Å². The predicted octanol–water partition coefficient (Wildman–Crippen LogP) is 1.67. The highest BCUT2D eigenvalue weighted by molar-refractivity contribution is 7.78. The van der Waals surface area contributed by atoms with Gasteiger partial charge in [0.2, 0.25) is 0 Å². The zero-order valence-corrected chi connectivity index (χ0v) is 7.19. The summed E-state index contributed by atoms with van der Waals surface area (Å²) in [5.41, 5.74) is 5.40. The third-order valence-electron chi connectivity index (χ3n) is 0.664. The summed E-state index contributed by atoms with van der Waals surface area (Å²) >= 11 is 9.74. The summed E-state index contributed by atoms with van der Waals surface area (Å²) in [6, 6.07) is 0. The van der Waals surface area contributed by atoms with Crippen LogP contribution in [0.5, 0.6) is 0 Å². The molecule has 0 aliphatic heterocycles. The number of isothiocyanates is 1. The van der Waals surface area contributed by atoms with Crippen molar-refractivity contribution in [1.82, 2.24) is 0 Å². The van der Waals surface area contributed by atoms with Crippen LogP contribution < -0.4 is 5.73 Å². The average molecular weight is 188 g/mol. The van der Waals surface area contributed by atoms with Gasteiger partial charge in [-0.05, 0) is 12.2 Å². The number of hydrogen-bond acceptors (Lipinski definition) is 4. The Morgan fingerprint density at radius 1 is 1.73 bits per heavy atom. The Morgan fingerprint density at radius 2 is 2.36 bits per heavy atom. The van der Waals surface area contributed by atoms with Gasteiger partial charge >= 0.3 is 0 Å². The topological polar surface area (TPSA) is 50.7 Å². The molecule has 0 aromatic rings. The highest BCUT2D eigenvalue weighted by Gasteiger charge is 1.83. The van der Waals surface area contributed by atoms with Crippen molar-refractivity contribution in [3.8, 4) is 0 Å². The van der Waals surface area contributed by atoms with Crippen molar-refractivity contribution in [2.45, 2.75) is 0 Å². The van der Waals surface area contributed by atoms with Gasteiger partial charge in [-0.15, -0.1) is 0 Å². The van der Waals surface area contributed by atoms with E-state index < -0.39 is 0 Å². The second-order valence-corrected chi connectivity index (χ2v) is 2.01. The summed E-state index contributed by atoms with van der Waals surface area (Å²) < 4.78 is 0. The number of thiocarbonyl (C=S) groups is 1. The lowest BCUT2D eigenvalue weighted by Crippen LogP contribution is -1.81. The van der Waals surface area contributed by atoms with E-state index in [1.165, 1.54) is 6.21 Å². The molecule has 11 heavy (non-hydrogen) atoms. The van der Waals surface area contributed by atoms with Crippen molar-refractivity contribution in [1.29, 1.82) is 0 Å². The van der Waals surface area contributed by atoms with Crippen molar-refractivity contribution in [3.63, 3.8) is 0 Å². The van der Waals surface area contributed by atoms with Crippen LogP contribution in [0, 0.1) is 0 Å². The van der Waals surface area contributed by atoms with Crippen molar-refractivity contribution in [2.75, 3.05) is 0 Å². The maximum atomic E-state index is 5.42. The van der Waals surface area contributed by atoms with Gasteiger partial charge in [0.05, 0.1) is 17.1 Å². The Morgan fingerprint density at radius 3 is 2.82 bits per heavy atom. The van der Waals surface area contributed by atoms with Crippen LogP contribution in [0.1, 0.15) is 0 Å². The average Bonchev–Trinajstić information content (AvgIpc) is 2.01. The molecule has 0 heterocycles. The van der Waals surface area contributed by atoms with E-state index in [9.17, 15) is 0 Å². The van der Waals surface area contributed by atoms with Crippen LogP contribution in [0.4, 0.5) is 0 Å². The Labute approximate surface area is 75.0 Å². The minimum atomic E-state index is 0.172. The molecule has 2 N–H and O–H groups in total. The van der Waals surface area contributed by atoms with Gasteiger partial charge in [0, 0.05) is 6.20 Å². The van der Waals surface area contributed by atoms with E-state index in [0.29, 0.717) is 5.70 Å². The van der Waals surface area contributed by atoms with Crippen molar-refractivity contribution in [3.05, 3.63) is 23.6 Å². The zero-order valence-electron chi connectivity index (χ0n) is 5.62. The molecule has 0 aliphatic rings. The second kappa shape index (κ2) is 5.80. The Kier molecular flexibility index (Phi) is 5.29. The molecular formula is C6H6ClN3S. The van der Waals surface area contributed by atoms with Crippen LogP contribution in [0.25, 0.3) is 0 Å². The minimum Gasteiger partial charge on any atom is -0.402 e. The van der Waals surface area contributed by atoms with Crippen molar-refractivity contribution < 1.29 is 0 Å². The molecule has 0 aromatic heterocycles. The largest absolute Gasteiger partial charge is 0.402 e. The molecule has 3 nitrogen and oxygen atoms in total. The van der Waals surface area contributed by atoms with Gasteiger partial charge < -0.3 is 5.73 Å². The predicted molar refractivity (Wildman–Crippen MR) is 50.8 cm³/mol. The highest BCUT2D eigenvalue weighted by Crippen LogP contribution is 1.99. The number of allylic oxidation sites excluding steroid dienone is 1. The third kappa shape index (κ3) is 5.48. The summed E-state index contributed by atoms with van der Waals surface area (Å²) in [6.45, 7) is 3.48. The molecule has 0 saturated heterocycles. The molecule has 0 aliphatic carbocycles. The molecule has 0 bridgehead atoms. The van der Waals surface area contributed by atoms with E-state index in [0.717, 1.165) is 6.20 Å². The summed E-state index contributed by atoms with van der Waals surface area (Å²) in [6.07, 6.45) is 2.50.